The standard InChI is InChI=1S/C12H15N3O2S/c13-4-1-2-10-3-9-18-11(10)12(16)14-15-5-7-17-8-6-15/h3,9H,4-8,13H2,(H,14,16). The molecule has 0 bridgehead atoms. The Morgan fingerprint density at radius 2 is 2.33 bits per heavy atom. The van der Waals surface area contributed by atoms with Gasteiger partial charge in [-0.3, -0.25) is 10.2 Å². The van der Waals surface area contributed by atoms with Crippen molar-refractivity contribution < 1.29 is 9.53 Å². The molecule has 1 aliphatic heterocycles. The molecule has 5 nitrogen and oxygen atoms in total. The van der Waals surface area contributed by atoms with E-state index in [9.17, 15) is 4.79 Å². The number of amides is 1. The minimum Gasteiger partial charge on any atom is -0.379 e. The van der Waals surface area contributed by atoms with Crippen LogP contribution in [-0.4, -0.2) is 43.8 Å². The largest absolute Gasteiger partial charge is 0.379 e. The number of thiophene rings is 1. The molecule has 1 aromatic rings. The van der Waals surface area contributed by atoms with E-state index in [0.717, 1.165) is 5.56 Å². The Labute approximate surface area is 110 Å². The first kappa shape index (κ1) is 13.1. The van der Waals surface area contributed by atoms with E-state index in [0.29, 0.717) is 37.7 Å². The molecule has 96 valence electrons. The van der Waals surface area contributed by atoms with Crippen molar-refractivity contribution in [2.24, 2.45) is 5.73 Å². The molecule has 6 heteroatoms. The van der Waals surface area contributed by atoms with Crippen molar-refractivity contribution in [3.8, 4) is 11.8 Å². The monoisotopic (exact) mass is 265 g/mol. The molecule has 2 rings (SSSR count). The molecule has 1 aliphatic rings. The van der Waals surface area contributed by atoms with Crippen LogP contribution in [0.2, 0.25) is 0 Å². The first-order chi connectivity index (χ1) is 8.81. The lowest BCUT2D eigenvalue weighted by Crippen LogP contribution is -2.48. The summed E-state index contributed by atoms with van der Waals surface area (Å²) in [7, 11) is 0. The van der Waals surface area contributed by atoms with Crippen LogP contribution in [0.15, 0.2) is 11.4 Å². The van der Waals surface area contributed by atoms with E-state index in [1.807, 2.05) is 16.5 Å². The summed E-state index contributed by atoms with van der Waals surface area (Å²) < 4.78 is 5.22. The Bertz CT molecular complexity index is 469. The number of hydrogen-bond donors (Lipinski definition) is 2. The average Bonchev–Trinajstić information content (AvgIpc) is 2.86. The highest BCUT2D eigenvalue weighted by molar-refractivity contribution is 7.12. The van der Waals surface area contributed by atoms with Gasteiger partial charge < -0.3 is 10.5 Å². The van der Waals surface area contributed by atoms with Crippen molar-refractivity contribution in [1.29, 1.82) is 0 Å². The summed E-state index contributed by atoms with van der Waals surface area (Å²) in [6.07, 6.45) is 0. The Hall–Kier alpha value is -1.39. The fourth-order valence-electron chi connectivity index (χ4n) is 1.60. The van der Waals surface area contributed by atoms with Gasteiger partial charge in [-0.1, -0.05) is 11.8 Å². The smallest absolute Gasteiger partial charge is 0.276 e. The van der Waals surface area contributed by atoms with Crippen LogP contribution in [-0.2, 0) is 4.74 Å². The fourth-order valence-corrected chi connectivity index (χ4v) is 2.34. The average molecular weight is 265 g/mol. The van der Waals surface area contributed by atoms with Crippen molar-refractivity contribution in [3.05, 3.63) is 21.9 Å². The van der Waals surface area contributed by atoms with Gasteiger partial charge in [-0.15, -0.1) is 11.3 Å². The normalized spacial score (nSPS) is 15.8. The van der Waals surface area contributed by atoms with Crippen LogP contribution in [0, 0.1) is 11.8 Å². The number of nitrogens with zero attached hydrogens (tertiary/aromatic N) is 1. The lowest BCUT2D eigenvalue weighted by atomic mass is 10.2. The van der Waals surface area contributed by atoms with Crippen molar-refractivity contribution in [2.75, 3.05) is 32.8 Å². The highest BCUT2D eigenvalue weighted by atomic mass is 32.1. The van der Waals surface area contributed by atoms with Gasteiger partial charge in [0.15, 0.2) is 0 Å². The predicted molar refractivity (Wildman–Crippen MR) is 70.1 cm³/mol. The summed E-state index contributed by atoms with van der Waals surface area (Å²) in [5, 5.41) is 3.72. The predicted octanol–water partition coefficient (Wildman–Crippen LogP) is 0.0353. The van der Waals surface area contributed by atoms with Gasteiger partial charge in [0, 0.05) is 18.7 Å². The Morgan fingerprint density at radius 1 is 1.56 bits per heavy atom. The summed E-state index contributed by atoms with van der Waals surface area (Å²) in [5.74, 6) is 5.55. The third-order valence-corrected chi connectivity index (χ3v) is 3.38. The lowest BCUT2D eigenvalue weighted by molar-refractivity contribution is 0.0127. The van der Waals surface area contributed by atoms with Crippen LogP contribution >= 0.6 is 11.3 Å². The van der Waals surface area contributed by atoms with Gasteiger partial charge in [0.05, 0.1) is 19.8 Å². The van der Waals surface area contributed by atoms with E-state index in [1.165, 1.54) is 11.3 Å². The first-order valence-electron chi connectivity index (χ1n) is 5.71. The highest BCUT2D eigenvalue weighted by Gasteiger charge is 2.17. The molecular weight excluding hydrogens is 250 g/mol. The molecule has 3 N–H and O–H groups in total. The number of rotatable bonds is 2. The summed E-state index contributed by atoms with van der Waals surface area (Å²) in [6, 6.07) is 1.83. The first-order valence-corrected chi connectivity index (χ1v) is 6.59. The van der Waals surface area contributed by atoms with Crippen LogP contribution in [0.5, 0.6) is 0 Å². The Morgan fingerprint density at radius 3 is 3.06 bits per heavy atom. The van der Waals surface area contributed by atoms with Crippen molar-refractivity contribution in [1.82, 2.24) is 10.4 Å². The van der Waals surface area contributed by atoms with Gasteiger partial charge in [0.25, 0.3) is 5.91 Å². The zero-order valence-corrected chi connectivity index (χ0v) is 10.8. The molecule has 0 saturated carbocycles. The molecule has 1 amide bonds. The molecule has 2 heterocycles. The third-order valence-electron chi connectivity index (χ3n) is 2.47. The van der Waals surface area contributed by atoms with Gasteiger partial charge in [0.1, 0.15) is 4.88 Å². The number of morpholine rings is 1. The second-order valence-corrected chi connectivity index (χ2v) is 4.63. The van der Waals surface area contributed by atoms with Gasteiger partial charge in [-0.25, -0.2) is 5.01 Å². The second-order valence-electron chi connectivity index (χ2n) is 3.71. The fraction of sp³-hybridized carbons (Fsp3) is 0.417. The number of hydrazine groups is 1. The second kappa shape index (κ2) is 6.52. The molecule has 0 atom stereocenters. The number of ether oxygens (including phenoxy) is 1. The minimum absolute atomic E-state index is 0.117. The molecule has 0 aromatic carbocycles. The van der Waals surface area contributed by atoms with Gasteiger partial charge in [0.2, 0.25) is 0 Å². The summed E-state index contributed by atoms with van der Waals surface area (Å²) in [5.41, 5.74) is 8.92. The van der Waals surface area contributed by atoms with Crippen LogP contribution in [0.4, 0.5) is 0 Å². The van der Waals surface area contributed by atoms with E-state index < -0.39 is 0 Å². The summed E-state index contributed by atoms with van der Waals surface area (Å²) in [4.78, 5) is 12.7. The maximum absolute atomic E-state index is 12.1. The van der Waals surface area contributed by atoms with Gasteiger partial charge >= 0.3 is 0 Å². The lowest BCUT2D eigenvalue weighted by Gasteiger charge is -2.26. The summed E-state index contributed by atoms with van der Waals surface area (Å²) in [6.45, 7) is 3.00. The molecule has 1 fully saturated rings. The van der Waals surface area contributed by atoms with Crippen molar-refractivity contribution in [3.63, 3.8) is 0 Å². The van der Waals surface area contributed by atoms with Crippen LogP contribution in [0.3, 0.4) is 0 Å². The number of carbonyl (C=O) groups is 1. The number of hydrogen-bond acceptors (Lipinski definition) is 5. The van der Waals surface area contributed by atoms with Crippen LogP contribution < -0.4 is 11.2 Å². The van der Waals surface area contributed by atoms with E-state index in [2.05, 4.69) is 17.3 Å². The molecular formula is C12H15N3O2S. The molecule has 0 aliphatic carbocycles. The maximum Gasteiger partial charge on any atom is 0.276 e. The molecule has 18 heavy (non-hydrogen) atoms. The van der Waals surface area contributed by atoms with Gasteiger partial charge in [-0.2, -0.15) is 0 Å². The molecule has 0 radical (unpaired) electrons. The van der Waals surface area contributed by atoms with E-state index >= 15 is 0 Å². The molecule has 1 saturated heterocycles. The van der Waals surface area contributed by atoms with Crippen LogP contribution in [0.1, 0.15) is 15.2 Å². The van der Waals surface area contributed by atoms with E-state index in [1.54, 1.807) is 0 Å². The highest BCUT2D eigenvalue weighted by Crippen LogP contribution is 2.15. The summed E-state index contributed by atoms with van der Waals surface area (Å²) >= 11 is 1.38. The number of nitrogens with two attached hydrogens (primary N) is 1. The minimum atomic E-state index is -0.117. The van der Waals surface area contributed by atoms with E-state index in [4.69, 9.17) is 10.5 Å². The molecule has 0 spiro atoms. The number of carbonyl (C=O) groups excluding carboxylic acids is 1. The third kappa shape index (κ3) is 3.31. The molecule has 0 unspecified atom stereocenters. The number of nitrogens with one attached hydrogen (secondary N) is 1. The zero-order chi connectivity index (χ0) is 12.8. The van der Waals surface area contributed by atoms with Gasteiger partial charge in [-0.05, 0) is 11.4 Å². The topological polar surface area (TPSA) is 67.6 Å². The van der Waals surface area contributed by atoms with Crippen molar-refractivity contribution in [2.45, 2.75) is 0 Å². The Balaban J connectivity index is 2.02. The quantitative estimate of drug-likeness (QED) is 0.741. The zero-order valence-electron chi connectivity index (χ0n) is 9.94. The van der Waals surface area contributed by atoms with Crippen molar-refractivity contribution >= 4 is 17.2 Å². The maximum atomic E-state index is 12.1. The SMILES string of the molecule is NCC#Cc1ccsc1C(=O)NN1CCOCC1. The Kier molecular flexibility index (Phi) is 4.73. The van der Waals surface area contributed by atoms with Crippen LogP contribution in [0.25, 0.3) is 0 Å². The molecule has 1 aromatic heterocycles. The van der Waals surface area contributed by atoms with E-state index in [-0.39, 0.29) is 5.91 Å².